The van der Waals surface area contributed by atoms with Gasteiger partial charge in [-0.25, -0.2) is 4.79 Å². The highest BCUT2D eigenvalue weighted by atomic mass is 16.2. The predicted molar refractivity (Wildman–Crippen MR) is 108 cm³/mol. The molecule has 1 heterocycles. The topological polar surface area (TPSA) is 69.7 Å². The Balaban J connectivity index is 1.74. The largest absolute Gasteiger partial charge is 0.341 e. The van der Waals surface area contributed by atoms with Gasteiger partial charge in [0.1, 0.15) is 12.1 Å². The number of amides is 4. The van der Waals surface area contributed by atoms with Crippen molar-refractivity contribution in [1.82, 2.24) is 15.1 Å². The van der Waals surface area contributed by atoms with Gasteiger partial charge in [0, 0.05) is 19.5 Å². The Hall–Kier alpha value is -2.37. The van der Waals surface area contributed by atoms with Gasteiger partial charge < -0.3 is 10.2 Å². The SMILES string of the molecule is CC(C)CN(CC(C)C)C(=O)CN1C(=O)N[C@]2(CCc3ccccc3C2)C1=O. The van der Waals surface area contributed by atoms with Crippen LogP contribution in [0.2, 0.25) is 0 Å². The summed E-state index contributed by atoms with van der Waals surface area (Å²) in [6, 6.07) is 7.58. The van der Waals surface area contributed by atoms with Gasteiger partial charge >= 0.3 is 6.03 Å². The van der Waals surface area contributed by atoms with Crippen LogP contribution < -0.4 is 5.32 Å². The smallest absolute Gasteiger partial charge is 0.325 e. The molecule has 0 unspecified atom stereocenters. The lowest BCUT2D eigenvalue weighted by Crippen LogP contribution is -2.52. The quantitative estimate of drug-likeness (QED) is 0.766. The summed E-state index contributed by atoms with van der Waals surface area (Å²) < 4.78 is 0. The summed E-state index contributed by atoms with van der Waals surface area (Å²) in [7, 11) is 0. The molecule has 2 aliphatic rings. The van der Waals surface area contributed by atoms with Gasteiger partial charge in [0.15, 0.2) is 0 Å². The second-order valence-electron chi connectivity index (χ2n) is 8.94. The molecule has 0 saturated carbocycles. The maximum absolute atomic E-state index is 13.2. The summed E-state index contributed by atoms with van der Waals surface area (Å²) in [5.74, 6) is 0.215. The summed E-state index contributed by atoms with van der Waals surface area (Å²) in [5.41, 5.74) is 1.41. The number of nitrogens with zero attached hydrogens (tertiary/aromatic N) is 2. The molecule has 0 aromatic heterocycles. The highest BCUT2D eigenvalue weighted by molar-refractivity contribution is 6.09. The van der Waals surface area contributed by atoms with E-state index in [-0.39, 0.29) is 18.4 Å². The number of aryl methyl sites for hydroxylation is 1. The van der Waals surface area contributed by atoms with E-state index in [9.17, 15) is 14.4 Å². The molecule has 152 valence electrons. The second kappa shape index (κ2) is 7.94. The lowest BCUT2D eigenvalue weighted by atomic mass is 9.78. The molecule has 28 heavy (non-hydrogen) atoms. The Morgan fingerprint density at radius 3 is 2.32 bits per heavy atom. The highest BCUT2D eigenvalue weighted by Gasteiger charge is 2.52. The first-order valence-electron chi connectivity index (χ1n) is 10.2. The van der Waals surface area contributed by atoms with Crippen LogP contribution in [0.5, 0.6) is 0 Å². The number of imide groups is 1. The fourth-order valence-corrected chi connectivity index (χ4v) is 4.24. The summed E-state index contributed by atoms with van der Waals surface area (Å²) in [6.45, 7) is 9.29. The number of urea groups is 1. The zero-order valence-electron chi connectivity index (χ0n) is 17.3. The van der Waals surface area contributed by atoms with E-state index in [1.165, 1.54) is 5.56 Å². The van der Waals surface area contributed by atoms with Gasteiger partial charge in [0.2, 0.25) is 5.91 Å². The average molecular weight is 386 g/mol. The van der Waals surface area contributed by atoms with Crippen molar-refractivity contribution in [3.05, 3.63) is 35.4 Å². The Morgan fingerprint density at radius 2 is 1.71 bits per heavy atom. The molecule has 1 saturated heterocycles. The van der Waals surface area contributed by atoms with E-state index in [4.69, 9.17) is 0 Å². The van der Waals surface area contributed by atoms with Crippen LogP contribution in [0.3, 0.4) is 0 Å². The minimum Gasteiger partial charge on any atom is -0.341 e. The van der Waals surface area contributed by atoms with Gasteiger partial charge in [-0.05, 0) is 35.8 Å². The zero-order chi connectivity index (χ0) is 20.5. The van der Waals surface area contributed by atoms with Crippen molar-refractivity contribution in [2.24, 2.45) is 11.8 Å². The van der Waals surface area contributed by atoms with E-state index in [1.807, 2.05) is 18.2 Å². The minimum absolute atomic E-state index is 0.167. The summed E-state index contributed by atoms with van der Waals surface area (Å²) in [5, 5.41) is 2.90. The van der Waals surface area contributed by atoms with Crippen LogP contribution in [0.15, 0.2) is 24.3 Å². The molecule has 1 fully saturated rings. The van der Waals surface area contributed by atoms with Gasteiger partial charge in [-0.15, -0.1) is 0 Å². The van der Waals surface area contributed by atoms with Gasteiger partial charge in [0.05, 0.1) is 0 Å². The number of carbonyl (C=O) groups is 3. The fourth-order valence-electron chi connectivity index (χ4n) is 4.24. The first-order valence-corrected chi connectivity index (χ1v) is 10.2. The Bertz CT molecular complexity index is 764. The minimum atomic E-state index is -0.910. The number of carbonyl (C=O) groups excluding carboxylic acids is 3. The maximum Gasteiger partial charge on any atom is 0.325 e. The third-order valence-corrected chi connectivity index (χ3v) is 5.49. The maximum atomic E-state index is 13.2. The molecule has 1 aliphatic heterocycles. The molecular formula is C22H31N3O3. The molecule has 0 bridgehead atoms. The third kappa shape index (κ3) is 4.05. The molecule has 1 N–H and O–H groups in total. The molecule has 1 atom stereocenters. The van der Waals surface area contributed by atoms with E-state index in [2.05, 4.69) is 39.1 Å². The van der Waals surface area contributed by atoms with Crippen LogP contribution in [-0.4, -0.2) is 52.8 Å². The third-order valence-electron chi connectivity index (χ3n) is 5.49. The summed E-state index contributed by atoms with van der Waals surface area (Å²) >= 11 is 0. The van der Waals surface area contributed by atoms with Crippen LogP contribution in [-0.2, 0) is 22.4 Å². The molecule has 3 rings (SSSR count). The van der Waals surface area contributed by atoms with E-state index in [0.29, 0.717) is 37.8 Å². The standard InChI is InChI=1S/C22H31N3O3/c1-15(2)12-24(13-16(3)4)19(26)14-25-20(27)22(23-21(25)28)10-9-17-7-5-6-8-18(17)11-22/h5-8,15-16H,9-14H2,1-4H3,(H,23,28)/t22-/m0/s1. The van der Waals surface area contributed by atoms with E-state index in [0.717, 1.165) is 16.9 Å². The van der Waals surface area contributed by atoms with E-state index in [1.54, 1.807) is 4.90 Å². The van der Waals surface area contributed by atoms with Crippen LogP contribution in [0.4, 0.5) is 4.79 Å². The molecule has 6 nitrogen and oxygen atoms in total. The number of rotatable bonds is 6. The molecule has 4 amide bonds. The lowest BCUT2D eigenvalue weighted by Gasteiger charge is -2.32. The van der Waals surface area contributed by atoms with Crippen LogP contribution in [0.1, 0.15) is 45.2 Å². The number of hydrogen-bond donors (Lipinski definition) is 1. The number of fused-ring (bicyclic) bond motifs is 1. The van der Waals surface area contributed by atoms with Crippen molar-refractivity contribution in [1.29, 1.82) is 0 Å². The van der Waals surface area contributed by atoms with Crippen molar-refractivity contribution in [3.63, 3.8) is 0 Å². The van der Waals surface area contributed by atoms with Crippen LogP contribution in [0, 0.1) is 11.8 Å². The number of hydrogen-bond acceptors (Lipinski definition) is 3. The molecular weight excluding hydrogens is 354 g/mol. The average Bonchev–Trinajstić information content (AvgIpc) is 2.84. The first kappa shape index (κ1) is 20.4. The second-order valence-corrected chi connectivity index (χ2v) is 8.94. The molecule has 1 aromatic rings. The van der Waals surface area contributed by atoms with Gasteiger partial charge in [-0.2, -0.15) is 0 Å². The Kier molecular flexibility index (Phi) is 5.77. The number of benzene rings is 1. The normalized spacial score (nSPS) is 21.4. The molecule has 1 aromatic carbocycles. The number of nitrogens with one attached hydrogen (secondary N) is 1. The predicted octanol–water partition coefficient (Wildman–Crippen LogP) is 2.61. The Labute approximate surface area is 167 Å². The van der Waals surface area contributed by atoms with Crippen LogP contribution in [0.25, 0.3) is 0 Å². The lowest BCUT2D eigenvalue weighted by molar-refractivity contribution is -0.139. The van der Waals surface area contributed by atoms with Crippen molar-refractivity contribution < 1.29 is 14.4 Å². The van der Waals surface area contributed by atoms with E-state index < -0.39 is 11.6 Å². The van der Waals surface area contributed by atoms with Crippen molar-refractivity contribution in [2.45, 2.75) is 52.5 Å². The highest BCUT2D eigenvalue weighted by Crippen LogP contribution is 2.33. The molecule has 1 spiro atoms. The monoisotopic (exact) mass is 385 g/mol. The van der Waals surface area contributed by atoms with Crippen molar-refractivity contribution >= 4 is 17.8 Å². The van der Waals surface area contributed by atoms with Crippen molar-refractivity contribution in [3.8, 4) is 0 Å². The first-order chi connectivity index (χ1) is 13.2. The summed E-state index contributed by atoms with van der Waals surface area (Å²) in [4.78, 5) is 41.5. The van der Waals surface area contributed by atoms with E-state index >= 15 is 0 Å². The summed E-state index contributed by atoms with van der Waals surface area (Å²) in [6.07, 6.45) is 1.80. The van der Waals surface area contributed by atoms with Gasteiger partial charge in [-0.3, -0.25) is 14.5 Å². The van der Waals surface area contributed by atoms with Crippen LogP contribution >= 0.6 is 0 Å². The Morgan fingerprint density at radius 1 is 1.11 bits per heavy atom. The van der Waals surface area contributed by atoms with Gasteiger partial charge in [-0.1, -0.05) is 52.0 Å². The molecule has 6 heteroatoms. The fraction of sp³-hybridized carbons (Fsp3) is 0.591. The van der Waals surface area contributed by atoms with Gasteiger partial charge in [0.25, 0.3) is 5.91 Å². The zero-order valence-corrected chi connectivity index (χ0v) is 17.3. The molecule has 1 aliphatic carbocycles. The molecule has 0 radical (unpaired) electrons. The van der Waals surface area contributed by atoms with Crippen molar-refractivity contribution in [2.75, 3.05) is 19.6 Å².